The Morgan fingerprint density at radius 1 is 0.927 bits per heavy atom. The number of likely N-dealkylation sites (tertiary alicyclic amines) is 1. The highest BCUT2D eigenvalue weighted by Gasteiger charge is 2.46. The number of hydrogen-bond acceptors (Lipinski definition) is 4. The number of carbonyl (C=O) groups is 2. The number of halogens is 4. The molecule has 2 aromatic heterocycles. The second-order valence-electron chi connectivity index (χ2n) is 9.95. The lowest BCUT2D eigenvalue weighted by atomic mass is 10.1. The van der Waals surface area contributed by atoms with E-state index in [1.807, 2.05) is 4.90 Å². The average Bonchev–Trinajstić information content (AvgIpc) is 3.70. The molecule has 4 aromatic rings. The summed E-state index contributed by atoms with van der Waals surface area (Å²) < 4.78 is 55.1. The van der Waals surface area contributed by atoms with Crippen molar-refractivity contribution in [2.75, 3.05) is 28.6 Å². The summed E-state index contributed by atoms with van der Waals surface area (Å²) >= 11 is 0. The number of carbonyl (C=O) groups excluding carboxylic acids is 2. The minimum Gasteiger partial charge on any atom is -0.350 e. The summed E-state index contributed by atoms with van der Waals surface area (Å²) in [5.74, 6) is -0.804. The van der Waals surface area contributed by atoms with Crippen LogP contribution in [0.15, 0.2) is 79.0 Å². The first-order valence-corrected chi connectivity index (χ1v) is 12.9. The first kappa shape index (κ1) is 26.4. The molecule has 0 aliphatic carbocycles. The molecule has 2 saturated heterocycles. The van der Waals surface area contributed by atoms with E-state index in [0.717, 1.165) is 6.42 Å². The number of urea groups is 1. The van der Waals surface area contributed by atoms with Crippen LogP contribution in [-0.2, 0) is 6.18 Å². The highest BCUT2D eigenvalue weighted by atomic mass is 19.4. The Morgan fingerprint density at radius 3 is 2.34 bits per heavy atom. The summed E-state index contributed by atoms with van der Waals surface area (Å²) in [5.41, 5.74) is -0.594. The Balaban J connectivity index is 1.11. The van der Waals surface area contributed by atoms with Crippen LogP contribution in [0.4, 0.5) is 39.5 Å². The Bertz CT molecular complexity index is 1590. The molecule has 4 heterocycles. The van der Waals surface area contributed by atoms with Crippen molar-refractivity contribution in [3.05, 3.63) is 96.1 Å². The lowest BCUT2D eigenvalue weighted by Gasteiger charge is -2.35. The molecule has 2 fully saturated rings. The number of rotatable bonds is 5. The highest BCUT2D eigenvalue weighted by Crippen LogP contribution is 2.36. The van der Waals surface area contributed by atoms with Crippen LogP contribution in [0.3, 0.4) is 0 Å². The first-order valence-electron chi connectivity index (χ1n) is 12.9. The van der Waals surface area contributed by atoms with Crippen molar-refractivity contribution >= 4 is 29.1 Å². The zero-order valence-electron chi connectivity index (χ0n) is 21.5. The molecule has 0 radical (unpaired) electrons. The third-order valence-electron chi connectivity index (χ3n) is 7.35. The topological polar surface area (TPSA) is 93.4 Å². The maximum Gasteiger partial charge on any atom is 0.432 e. The highest BCUT2D eigenvalue weighted by molar-refractivity contribution is 6.06. The standard InChI is InChI=1S/C29H24F4N6O2/c30-22-8-4-5-9-23(22)37-28(41)39-16-19-12-20(39)15-38(19)25-11-10-18(14-34-25)35-27(40)21-13-24(17-6-2-1-3-7-17)36-26(21)29(31,32)33/h1-11,13-14,19-20,36H,12,15-16H2,(H,35,40)(H,37,41). The van der Waals surface area contributed by atoms with Gasteiger partial charge >= 0.3 is 12.2 Å². The SMILES string of the molecule is O=C(Nc1ccc(N2CC3CC2CN3C(=O)Nc2ccccc2F)nc1)c1cc(-c2ccccc2)[nH]c1C(F)(F)F. The summed E-state index contributed by atoms with van der Waals surface area (Å²) in [5, 5.41) is 5.12. The van der Waals surface area contributed by atoms with Gasteiger partial charge in [-0.15, -0.1) is 0 Å². The monoisotopic (exact) mass is 564 g/mol. The van der Waals surface area contributed by atoms with E-state index in [1.54, 1.807) is 59.5 Å². The number of anilines is 3. The minimum absolute atomic E-state index is 0.00455. The second-order valence-corrected chi connectivity index (χ2v) is 9.95. The number of amides is 3. The van der Waals surface area contributed by atoms with Crippen LogP contribution in [0.25, 0.3) is 11.3 Å². The summed E-state index contributed by atoms with van der Waals surface area (Å²) in [6.45, 7) is 0.956. The largest absolute Gasteiger partial charge is 0.432 e. The van der Waals surface area contributed by atoms with Gasteiger partial charge in [-0.3, -0.25) is 4.79 Å². The fourth-order valence-electron chi connectivity index (χ4n) is 5.40. The molecule has 3 N–H and O–H groups in total. The fraction of sp³-hybridized carbons (Fsp3) is 0.207. The number of pyridine rings is 1. The molecule has 8 nitrogen and oxygen atoms in total. The van der Waals surface area contributed by atoms with Crippen molar-refractivity contribution < 1.29 is 27.2 Å². The molecule has 41 heavy (non-hydrogen) atoms. The molecule has 3 amide bonds. The predicted molar refractivity (Wildman–Crippen MR) is 145 cm³/mol. The van der Waals surface area contributed by atoms with E-state index in [0.29, 0.717) is 24.5 Å². The van der Waals surface area contributed by atoms with Crippen molar-refractivity contribution in [1.82, 2.24) is 14.9 Å². The van der Waals surface area contributed by atoms with E-state index in [9.17, 15) is 27.2 Å². The van der Waals surface area contributed by atoms with Gasteiger partial charge in [-0.05, 0) is 42.3 Å². The third kappa shape index (κ3) is 5.20. The van der Waals surface area contributed by atoms with Crippen LogP contribution in [0.2, 0.25) is 0 Å². The van der Waals surface area contributed by atoms with E-state index in [-0.39, 0.29) is 35.2 Å². The molecule has 2 bridgehead atoms. The van der Waals surface area contributed by atoms with E-state index in [1.165, 1.54) is 24.4 Å². The maximum absolute atomic E-state index is 13.9. The number of aromatic amines is 1. The van der Waals surface area contributed by atoms with E-state index < -0.39 is 29.2 Å². The maximum atomic E-state index is 13.9. The molecule has 6 rings (SSSR count). The Hall–Kier alpha value is -4.87. The molecular formula is C29H24F4N6O2. The molecule has 210 valence electrons. The molecule has 2 aliphatic rings. The molecule has 12 heteroatoms. The van der Waals surface area contributed by atoms with E-state index >= 15 is 0 Å². The Morgan fingerprint density at radius 2 is 1.68 bits per heavy atom. The van der Waals surface area contributed by atoms with Crippen LogP contribution in [0.5, 0.6) is 0 Å². The number of H-pyrrole nitrogens is 1. The lowest BCUT2D eigenvalue weighted by molar-refractivity contribution is -0.141. The quantitative estimate of drug-likeness (QED) is 0.260. The lowest BCUT2D eigenvalue weighted by Crippen LogP contribution is -2.50. The van der Waals surface area contributed by atoms with Gasteiger partial charge in [0, 0.05) is 18.8 Å². The van der Waals surface area contributed by atoms with Gasteiger partial charge in [-0.25, -0.2) is 14.2 Å². The van der Waals surface area contributed by atoms with Gasteiger partial charge in [0.25, 0.3) is 5.91 Å². The van der Waals surface area contributed by atoms with E-state index in [4.69, 9.17) is 0 Å². The zero-order chi connectivity index (χ0) is 28.7. The summed E-state index contributed by atoms with van der Waals surface area (Å²) in [6.07, 6.45) is -2.64. The van der Waals surface area contributed by atoms with Gasteiger partial charge in [0.15, 0.2) is 0 Å². The Labute approximate surface area is 232 Å². The predicted octanol–water partition coefficient (Wildman–Crippen LogP) is 5.98. The number of fused-ring (bicyclic) bond motifs is 2. The van der Waals surface area contributed by atoms with Crippen LogP contribution < -0.4 is 15.5 Å². The molecule has 0 spiro atoms. The average molecular weight is 565 g/mol. The third-order valence-corrected chi connectivity index (χ3v) is 7.35. The summed E-state index contributed by atoms with van der Waals surface area (Å²) in [6, 6.07) is 18.4. The number of benzene rings is 2. The Kier molecular flexibility index (Phi) is 6.60. The summed E-state index contributed by atoms with van der Waals surface area (Å²) in [7, 11) is 0. The number of para-hydroxylation sites is 1. The smallest absolute Gasteiger partial charge is 0.350 e. The normalized spacial score (nSPS) is 18.0. The van der Waals surface area contributed by atoms with Crippen LogP contribution in [0, 0.1) is 5.82 Å². The van der Waals surface area contributed by atoms with Gasteiger partial charge < -0.3 is 25.4 Å². The van der Waals surface area contributed by atoms with Crippen molar-refractivity contribution in [2.45, 2.75) is 24.7 Å². The number of hydrogen-bond donors (Lipinski definition) is 3. The number of nitrogens with one attached hydrogen (secondary N) is 3. The van der Waals surface area contributed by atoms with Gasteiger partial charge in [-0.2, -0.15) is 13.2 Å². The van der Waals surface area contributed by atoms with Crippen molar-refractivity contribution in [3.63, 3.8) is 0 Å². The molecule has 0 saturated carbocycles. The van der Waals surface area contributed by atoms with Gasteiger partial charge in [-0.1, -0.05) is 42.5 Å². The molecular weight excluding hydrogens is 540 g/mol. The van der Waals surface area contributed by atoms with Crippen molar-refractivity contribution in [3.8, 4) is 11.3 Å². The summed E-state index contributed by atoms with van der Waals surface area (Å²) in [4.78, 5) is 36.1. The number of alkyl halides is 3. The van der Waals surface area contributed by atoms with Gasteiger partial charge in [0.1, 0.15) is 17.3 Å². The molecule has 2 aromatic carbocycles. The molecule has 2 aliphatic heterocycles. The van der Waals surface area contributed by atoms with Crippen LogP contribution in [0.1, 0.15) is 22.5 Å². The van der Waals surface area contributed by atoms with Crippen LogP contribution >= 0.6 is 0 Å². The minimum atomic E-state index is -4.75. The number of nitrogens with zero attached hydrogens (tertiary/aromatic N) is 3. The number of aromatic nitrogens is 2. The second kappa shape index (κ2) is 10.3. The fourth-order valence-corrected chi connectivity index (χ4v) is 5.40. The number of piperazine rings is 1. The molecule has 2 unspecified atom stereocenters. The van der Waals surface area contributed by atoms with Gasteiger partial charge in [0.05, 0.1) is 35.2 Å². The van der Waals surface area contributed by atoms with E-state index in [2.05, 4.69) is 20.6 Å². The van der Waals surface area contributed by atoms with Crippen LogP contribution in [-0.4, -0.2) is 52.0 Å². The zero-order valence-corrected chi connectivity index (χ0v) is 21.5. The first-order chi connectivity index (χ1) is 19.7. The van der Waals surface area contributed by atoms with Crippen molar-refractivity contribution in [1.29, 1.82) is 0 Å². The molecule has 2 atom stereocenters. The van der Waals surface area contributed by atoms with Crippen molar-refractivity contribution in [2.24, 2.45) is 0 Å². The van der Waals surface area contributed by atoms with Gasteiger partial charge in [0.2, 0.25) is 0 Å².